The zero-order valence-corrected chi connectivity index (χ0v) is 16.5. The molecule has 0 spiro atoms. The smallest absolute Gasteiger partial charge is 0.319 e. The summed E-state index contributed by atoms with van der Waals surface area (Å²) in [5.41, 5.74) is 8.38. The number of carbonyl (C=O) groups is 2. The van der Waals surface area contributed by atoms with Crippen molar-refractivity contribution in [3.8, 4) is 0 Å². The molecule has 7 heteroatoms. The molecule has 7 nitrogen and oxygen atoms in total. The second-order valence-corrected chi connectivity index (χ2v) is 7.39. The summed E-state index contributed by atoms with van der Waals surface area (Å²) in [4.78, 5) is 24.5. The average Bonchev–Trinajstić information content (AvgIpc) is 2.73. The zero-order chi connectivity index (χ0) is 20.5. The number of rotatable bonds is 7. The summed E-state index contributed by atoms with van der Waals surface area (Å²) in [6.45, 7) is 3.13. The molecular formula is C22H29N5O2. The first-order chi connectivity index (χ1) is 14.1. The second kappa shape index (κ2) is 10.5. The highest BCUT2D eigenvalue weighted by Crippen LogP contribution is 2.14. The fourth-order valence-corrected chi connectivity index (χ4v) is 3.46. The van der Waals surface area contributed by atoms with Crippen LogP contribution in [0.25, 0.3) is 0 Å². The van der Waals surface area contributed by atoms with E-state index in [-0.39, 0.29) is 11.9 Å². The molecule has 0 radical (unpaired) electrons. The Balaban J connectivity index is 1.44. The lowest BCUT2D eigenvalue weighted by Gasteiger charge is -2.22. The molecule has 0 saturated carbocycles. The van der Waals surface area contributed by atoms with Crippen LogP contribution in [0.2, 0.25) is 0 Å². The van der Waals surface area contributed by atoms with Crippen LogP contribution in [0.4, 0.5) is 16.2 Å². The first-order valence-electron chi connectivity index (χ1n) is 10.1. The molecule has 2 aromatic carbocycles. The average molecular weight is 396 g/mol. The van der Waals surface area contributed by atoms with E-state index in [1.165, 1.54) is 12.8 Å². The van der Waals surface area contributed by atoms with Crippen molar-refractivity contribution in [1.82, 2.24) is 16.0 Å². The minimum Gasteiger partial charge on any atom is -0.399 e. The summed E-state index contributed by atoms with van der Waals surface area (Å²) in [6.07, 6.45) is 3.42. The fraction of sp³-hybridized carbons (Fsp3) is 0.364. The zero-order valence-electron chi connectivity index (χ0n) is 16.5. The number of nitrogen functional groups attached to an aromatic ring is 1. The van der Waals surface area contributed by atoms with Crippen molar-refractivity contribution >= 4 is 23.3 Å². The van der Waals surface area contributed by atoms with Gasteiger partial charge in [0.25, 0.3) is 5.91 Å². The third-order valence-electron chi connectivity index (χ3n) is 5.02. The van der Waals surface area contributed by atoms with E-state index in [4.69, 9.17) is 5.73 Å². The maximum absolute atomic E-state index is 12.4. The van der Waals surface area contributed by atoms with E-state index in [1.807, 2.05) is 12.1 Å². The Morgan fingerprint density at radius 2 is 1.97 bits per heavy atom. The maximum Gasteiger partial charge on any atom is 0.319 e. The van der Waals surface area contributed by atoms with Crippen molar-refractivity contribution in [2.24, 2.45) is 5.92 Å². The molecule has 0 bridgehead atoms. The molecule has 154 valence electrons. The largest absolute Gasteiger partial charge is 0.399 e. The molecule has 1 atom stereocenters. The number of nitrogens with two attached hydrogens (primary N) is 1. The van der Waals surface area contributed by atoms with Crippen LogP contribution in [0, 0.1) is 5.92 Å². The van der Waals surface area contributed by atoms with Crippen LogP contribution < -0.4 is 27.0 Å². The topological polar surface area (TPSA) is 108 Å². The van der Waals surface area contributed by atoms with E-state index in [2.05, 4.69) is 21.3 Å². The lowest BCUT2D eigenvalue weighted by molar-refractivity contribution is 0.0950. The Hall–Kier alpha value is -3.06. The number of carbonyl (C=O) groups excluding carboxylic acids is 2. The summed E-state index contributed by atoms with van der Waals surface area (Å²) in [6, 6.07) is 14.0. The molecule has 1 saturated heterocycles. The first-order valence-corrected chi connectivity index (χ1v) is 10.1. The third-order valence-corrected chi connectivity index (χ3v) is 5.02. The van der Waals surface area contributed by atoms with Crippen molar-refractivity contribution in [3.63, 3.8) is 0 Å². The van der Waals surface area contributed by atoms with Crippen LogP contribution in [-0.2, 0) is 6.54 Å². The van der Waals surface area contributed by atoms with E-state index in [9.17, 15) is 9.59 Å². The Morgan fingerprint density at radius 1 is 1.10 bits per heavy atom. The number of anilines is 2. The van der Waals surface area contributed by atoms with E-state index >= 15 is 0 Å². The van der Waals surface area contributed by atoms with Crippen molar-refractivity contribution in [3.05, 3.63) is 59.7 Å². The molecular weight excluding hydrogens is 366 g/mol. The minimum absolute atomic E-state index is 0.0835. The Morgan fingerprint density at radius 3 is 2.76 bits per heavy atom. The van der Waals surface area contributed by atoms with Crippen LogP contribution in [0.3, 0.4) is 0 Å². The number of hydrogen-bond acceptors (Lipinski definition) is 4. The third kappa shape index (κ3) is 6.80. The minimum atomic E-state index is -0.327. The summed E-state index contributed by atoms with van der Waals surface area (Å²) in [5, 5.41) is 11.9. The quantitative estimate of drug-likeness (QED) is 0.465. The molecule has 1 aliphatic heterocycles. The van der Waals surface area contributed by atoms with Crippen molar-refractivity contribution in [1.29, 1.82) is 0 Å². The van der Waals surface area contributed by atoms with Crippen molar-refractivity contribution in [2.75, 3.05) is 30.7 Å². The molecule has 3 rings (SSSR count). The normalized spacial score (nSPS) is 16.1. The molecule has 3 amide bonds. The van der Waals surface area contributed by atoms with Gasteiger partial charge in [-0.3, -0.25) is 4.79 Å². The van der Waals surface area contributed by atoms with Gasteiger partial charge in [0.15, 0.2) is 0 Å². The highest BCUT2D eigenvalue weighted by Gasteiger charge is 2.13. The van der Waals surface area contributed by atoms with Crippen molar-refractivity contribution < 1.29 is 9.59 Å². The van der Waals surface area contributed by atoms with Gasteiger partial charge < -0.3 is 27.0 Å². The van der Waals surface area contributed by atoms with Gasteiger partial charge in [-0.05, 0) is 74.2 Å². The van der Waals surface area contributed by atoms with Gasteiger partial charge in [0.1, 0.15) is 0 Å². The molecule has 2 aromatic rings. The lowest BCUT2D eigenvalue weighted by atomic mass is 9.96. The van der Waals surface area contributed by atoms with Gasteiger partial charge in [-0.2, -0.15) is 0 Å². The monoisotopic (exact) mass is 395 g/mol. The van der Waals surface area contributed by atoms with Gasteiger partial charge in [-0.1, -0.05) is 18.2 Å². The van der Waals surface area contributed by atoms with Crippen LogP contribution in [0.1, 0.15) is 35.2 Å². The Bertz CT molecular complexity index is 833. The van der Waals surface area contributed by atoms with Gasteiger partial charge in [-0.15, -0.1) is 0 Å². The standard InChI is InChI=1S/C22H29N5O2/c23-19-7-2-8-20(13-19)27-22(29)26-15-17-4-1-6-18(12-17)21(28)25-11-9-16-5-3-10-24-14-16/h1-2,4,6-8,12-13,16,24H,3,5,9-11,14-15,23H2,(H,25,28)(H2,26,27,29). The van der Waals surface area contributed by atoms with Gasteiger partial charge in [-0.25, -0.2) is 4.79 Å². The predicted molar refractivity (Wildman–Crippen MR) is 116 cm³/mol. The van der Waals surface area contributed by atoms with Crippen LogP contribution in [-0.4, -0.2) is 31.6 Å². The predicted octanol–water partition coefficient (Wildman–Crippen LogP) is 2.71. The molecule has 6 N–H and O–H groups in total. The van der Waals surface area contributed by atoms with Crippen LogP contribution in [0.15, 0.2) is 48.5 Å². The fourth-order valence-electron chi connectivity index (χ4n) is 3.46. The Kier molecular flexibility index (Phi) is 7.47. The molecule has 1 heterocycles. The van der Waals surface area contributed by atoms with Gasteiger partial charge in [0.05, 0.1) is 0 Å². The lowest BCUT2D eigenvalue weighted by Crippen LogP contribution is -2.33. The SMILES string of the molecule is Nc1cccc(NC(=O)NCc2cccc(C(=O)NCCC3CCCNC3)c2)c1. The Labute approximate surface area is 171 Å². The highest BCUT2D eigenvalue weighted by atomic mass is 16.2. The van der Waals surface area contributed by atoms with Gasteiger partial charge in [0.2, 0.25) is 0 Å². The van der Waals surface area contributed by atoms with Crippen LogP contribution in [0.5, 0.6) is 0 Å². The number of amides is 3. The molecule has 0 aliphatic carbocycles. The molecule has 1 unspecified atom stereocenters. The highest BCUT2D eigenvalue weighted by molar-refractivity contribution is 5.94. The number of piperidine rings is 1. The summed E-state index contributed by atoms with van der Waals surface area (Å²) < 4.78 is 0. The van der Waals surface area contributed by atoms with Crippen molar-refractivity contribution in [2.45, 2.75) is 25.8 Å². The van der Waals surface area contributed by atoms with E-state index < -0.39 is 0 Å². The molecule has 0 aromatic heterocycles. The number of hydrogen-bond donors (Lipinski definition) is 5. The summed E-state index contributed by atoms with van der Waals surface area (Å²) in [5.74, 6) is 0.554. The van der Waals surface area contributed by atoms with Crippen LogP contribution >= 0.6 is 0 Å². The van der Waals surface area contributed by atoms with E-state index in [1.54, 1.807) is 36.4 Å². The summed E-state index contributed by atoms with van der Waals surface area (Å²) >= 11 is 0. The number of nitrogens with one attached hydrogen (secondary N) is 4. The molecule has 1 fully saturated rings. The van der Waals surface area contributed by atoms with Gasteiger partial charge in [0, 0.05) is 30.0 Å². The maximum atomic E-state index is 12.4. The van der Waals surface area contributed by atoms with E-state index in [0.717, 1.165) is 25.1 Å². The van der Waals surface area contributed by atoms with Gasteiger partial charge >= 0.3 is 6.03 Å². The number of benzene rings is 2. The second-order valence-electron chi connectivity index (χ2n) is 7.39. The number of urea groups is 1. The van der Waals surface area contributed by atoms with E-state index in [0.29, 0.717) is 35.9 Å². The molecule has 29 heavy (non-hydrogen) atoms. The summed E-state index contributed by atoms with van der Waals surface area (Å²) in [7, 11) is 0. The molecule has 1 aliphatic rings. The first kappa shape index (κ1) is 20.7.